The second-order valence-electron chi connectivity index (χ2n) is 17.2. The molecule has 0 unspecified atom stereocenters. The molecule has 298 valence electrons. The summed E-state index contributed by atoms with van der Waals surface area (Å²) in [5, 5.41) is 2.13. The third-order valence-electron chi connectivity index (χ3n) is 11.1. The first-order valence-electron chi connectivity index (χ1n) is 25.2. The smallest absolute Gasteiger partial charge is 0.269 e. The second-order valence-corrected chi connectivity index (χ2v) is 17.2. The number of rotatable bonds is 7. The number of nitrogens with zero attached hydrogens (tertiary/aromatic N) is 4. The van der Waals surface area contributed by atoms with Gasteiger partial charge in [0.1, 0.15) is 17.3 Å². The Labute approximate surface area is 371 Å². The van der Waals surface area contributed by atoms with Crippen LogP contribution in [-0.2, 0) is 10.8 Å². The summed E-state index contributed by atoms with van der Waals surface area (Å²) < 4.78 is 100. The molecule has 0 amide bonds. The van der Waals surface area contributed by atoms with Gasteiger partial charge in [-0.05, 0) is 92.7 Å². The van der Waals surface area contributed by atoms with E-state index in [1.165, 1.54) is 0 Å². The highest BCUT2D eigenvalue weighted by Gasteiger charge is 2.23. The quantitative estimate of drug-likeness (QED) is 0.119. The van der Waals surface area contributed by atoms with Crippen LogP contribution in [0.25, 0.3) is 72.3 Å². The van der Waals surface area contributed by atoms with Gasteiger partial charge in [0.2, 0.25) is 0 Å². The van der Waals surface area contributed by atoms with Crippen LogP contribution in [0.1, 0.15) is 66.4 Å². The maximum atomic E-state index is 9.07. The van der Waals surface area contributed by atoms with Crippen LogP contribution in [0.15, 0.2) is 182 Å². The first-order valence-corrected chi connectivity index (χ1v) is 20.2. The van der Waals surface area contributed by atoms with Gasteiger partial charge in [0.05, 0.1) is 47.1 Å². The molecule has 0 aliphatic rings. The average Bonchev–Trinajstić information content (AvgIpc) is 3.89. The number of para-hydroxylation sites is 4. The van der Waals surface area contributed by atoms with Crippen LogP contribution in [0.2, 0.25) is 0 Å². The van der Waals surface area contributed by atoms with Crippen LogP contribution in [0.3, 0.4) is 0 Å². The topological polar surface area (TPSA) is 35.9 Å². The minimum absolute atomic E-state index is 0.0946. The van der Waals surface area contributed by atoms with Crippen molar-refractivity contribution < 1.29 is 23.0 Å². The molecule has 5 nitrogen and oxygen atoms in total. The molecule has 0 spiro atoms. The molecule has 0 aliphatic heterocycles. The van der Waals surface area contributed by atoms with Gasteiger partial charge in [-0.3, -0.25) is 13.7 Å². The van der Waals surface area contributed by atoms with E-state index in [-0.39, 0.29) is 38.8 Å². The SMILES string of the molecule is [2H]c1c([2H])c([2H])c(-c2cccc(-c3c([2H])c([2H])c([2H])c([2H])c3[2H])c2-[n+]2[c-]n(-c3cc(Oc4ccc5c6ccccc6n(-c6cc(C(C)(C)C)ccn6)c5c4)cc(C(C)(C)C)c3)c3ccccc32)c([2H])c1[2H]. The lowest BCUT2D eigenvalue weighted by Crippen LogP contribution is -2.31. The number of imidazole rings is 1. The van der Waals surface area contributed by atoms with Crippen molar-refractivity contribution in [3.8, 4) is 50.9 Å². The Kier molecular flexibility index (Phi) is 6.85. The number of benzene rings is 7. The summed E-state index contributed by atoms with van der Waals surface area (Å²) in [4.78, 5) is 4.85. The number of aromatic nitrogens is 4. The molecule has 0 radical (unpaired) electrons. The van der Waals surface area contributed by atoms with Gasteiger partial charge in [-0.25, -0.2) is 4.98 Å². The number of ether oxygens (including phenoxy) is 1. The number of hydrogen-bond acceptors (Lipinski definition) is 2. The summed E-state index contributed by atoms with van der Waals surface area (Å²) in [5.74, 6) is 1.93. The van der Waals surface area contributed by atoms with Crippen molar-refractivity contribution in [3.63, 3.8) is 0 Å². The molecule has 0 bridgehead atoms. The third-order valence-corrected chi connectivity index (χ3v) is 11.1. The van der Waals surface area contributed by atoms with Gasteiger partial charge < -0.3 is 4.74 Å². The van der Waals surface area contributed by atoms with Gasteiger partial charge in [-0.2, -0.15) is 0 Å². The normalized spacial score (nSPS) is 14.4. The summed E-state index contributed by atoms with van der Waals surface area (Å²) in [6, 6.07) is 31.6. The van der Waals surface area contributed by atoms with Crippen LogP contribution in [0.4, 0.5) is 0 Å². The molecule has 61 heavy (non-hydrogen) atoms. The molecule has 0 fully saturated rings. The van der Waals surface area contributed by atoms with Gasteiger partial charge in [-0.15, -0.1) is 0 Å². The summed E-state index contributed by atoms with van der Waals surface area (Å²) in [6.45, 7) is 12.9. The Balaban J connectivity index is 1.20. The zero-order valence-electron chi connectivity index (χ0n) is 44.7. The molecular formula is C56H48N4O. The standard InChI is InChI=1S/C56H48N4O/c1-55(2,3)40-30-31-57-53(34-40)60-49-25-14-13-22-47(49)48-29-28-43(36-52(48)60)61-44-33-41(56(4,5)6)32-42(35-44)58-37-59(51-27-16-15-26-50(51)58)54-45(38-18-9-7-10-19-38)23-17-24-46(54)39-20-11-8-12-21-39/h7-36H,1-6H3/i7D,8D,9D,10D,11D,12D,18D,19D,20D,21D. The Morgan fingerprint density at radius 1 is 0.574 bits per heavy atom. The van der Waals surface area contributed by atoms with Gasteiger partial charge in [0.25, 0.3) is 6.33 Å². The van der Waals surface area contributed by atoms with Crippen molar-refractivity contribution in [1.82, 2.24) is 14.1 Å². The monoisotopic (exact) mass is 802 g/mol. The number of fused-ring (bicyclic) bond motifs is 4. The molecule has 3 aromatic heterocycles. The molecule has 10 aromatic rings. The predicted octanol–water partition coefficient (Wildman–Crippen LogP) is 13.9. The molecule has 7 aromatic carbocycles. The first-order chi connectivity index (χ1) is 33.6. The lowest BCUT2D eigenvalue weighted by Gasteiger charge is -2.22. The van der Waals surface area contributed by atoms with E-state index in [1.54, 1.807) is 22.8 Å². The molecular weight excluding hydrogens is 745 g/mol. The molecule has 0 N–H and O–H groups in total. The molecule has 0 saturated heterocycles. The van der Waals surface area contributed by atoms with Crippen LogP contribution in [-0.4, -0.2) is 14.1 Å². The Morgan fingerprint density at radius 2 is 1.21 bits per heavy atom. The molecule has 3 heterocycles. The Bertz CT molecular complexity index is 3700. The minimum Gasteiger partial charge on any atom is -0.458 e. The van der Waals surface area contributed by atoms with Crippen LogP contribution in [0, 0.1) is 6.33 Å². The average molecular weight is 803 g/mol. The molecule has 10 rings (SSSR count). The highest BCUT2D eigenvalue weighted by atomic mass is 16.5. The van der Waals surface area contributed by atoms with Crippen molar-refractivity contribution in [2.75, 3.05) is 0 Å². The van der Waals surface area contributed by atoms with Crippen molar-refractivity contribution in [1.29, 1.82) is 0 Å². The van der Waals surface area contributed by atoms with Crippen LogP contribution in [0.5, 0.6) is 11.5 Å². The fourth-order valence-electron chi connectivity index (χ4n) is 7.98. The number of pyridine rings is 1. The van der Waals surface area contributed by atoms with Crippen LogP contribution >= 0.6 is 0 Å². The predicted molar refractivity (Wildman–Crippen MR) is 251 cm³/mol. The van der Waals surface area contributed by atoms with E-state index in [2.05, 4.69) is 82.8 Å². The largest absolute Gasteiger partial charge is 0.458 e. The number of hydrogen-bond donors (Lipinski definition) is 0. The van der Waals surface area contributed by atoms with Gasteiger partial charge in [0.15, 0.2) is 0 Å². The van der Waals surface area contributed by atoms with E-state index in [1.807, 2.05) is 77.5 Å². The van der Waals surface area contributed by atoms with Crippen molar-refractivity contribution in [3.05, 3.63) is 199 Å². The van der Waals surface area contributed by atoms with Gasteiger partial charge >= 0.3 is 0 Å². The fourth-order valence-corrected chi connectivity index (χ4v) is 7.98. The minimum atomic E-state index is -0.565. The van der Waals surface area contributed by atoms with Crippen molar-refractivity contribution in [2.24, 2.45) is 0 Å². The second kappa shape index (κ2) is 14.8. The van der Waals surface area contributed by atoms with E-state index in [0.29, 0.717) is 28.2 Å². The summed E-state index contributed by atoms with van der Waals surface area (Å²) in [5.41, 5.74) is 5.72. The summed E-state index contributed by atoms with van der Waals surface area (Å²) >= 11 is 0. The third kappa shape index (κ3) is 6.96. The summed E-state index contributed by atoms with van der Waals surface area (Å²) in [6.07, 6.45) is 5.37. The zero-order chi connectivity index (χ0) is 50.6. The lowest BCUT2D eigenvalue weighted by molar-refractivity contribution is -0.571. The Hall–Kier alpha value is -7.24. The lowest BCUT2D eigenvalue weighted by atomic mass is 9.86. The highest BCUT2D eigenvalue weighted by molar-refractivity contribution is 6.09. The molecule has 0 aliphatic carbocycles. The maximum Gasteiger partial charge on any atom is 0.269 e. The maximum absolute atomic E-state index is 9.07. The van der Waals surface area contributed by atoms with E-state index in [4.69, 9.17) is 23.4 Å². The van der Waals surface area contributed by atoms with Gasteiger partial charge in [-0.1, -0.05) is 163 Å². The first kappa shape index (κ1) is 28.3. The fraction of sp³-hybridized carbons (Fsp3) is 0.143. The zero-order valence-corrected chi connectivity index (χ0v) is 34.7. The summed E-state index contributed by atoms with van der Waals surface area (Å²) in [7, 11) is 0. The van der Waals surface area contributed by atoms with E-state index in [0.717, 1.165) is 38.8 Å². The molecule has 0 atom stereocenters. The van der Waals surface area contributed by atoms with Crippen LogP contribution < -0.4 is 9.30 Å². The van der Waals surface area contributed by atoms with E-state index in [9.17, 15) is 0 Å². The van der Waals surface area contributed by atoms with E-state index >= 15 is 0 Å². The van der Waals surface area contributed by atoms with Crippen molar-refractivity contribution >= 4 is 32.8 Å². The molecule has 5 heteroatoms. The Morgan fingerprint density at radius 3 is 1.90 bits per heavy atom. The molecule has 0 saturated carbocycles. The van der Waals surface area contributed by atoms with Gasteiger partial charge in [0, 0.05) is 23.0 Å². The van der Waals surface area contributed by atoms with Crippen molar-refractivity contribution in [2.45, 2.75) is 52.4 Å². The highest BCUT2D eigenvalue weighted by Crippen LogP contribution is 2.39. The van der Waals surface area contributed by atoms with E-state index < -0.39 is 60.4 Å².